The van der Waals surface area contributed by atoms with E-state index in [1.165, 1.54) is 0 Å². The number of nitrogens with two attached hydrogens (primary N) is 1. The molecule has 1 aromatic rings. The predicted octanol–water partition coefficient (Wildman–Crippen LogP) is 1.95. The predicted molar refractivity (Wildman–Crippen MR) is 60.9 cm³/mol. The van der Waals surface area contributed by atoms with E-state index in [-0.39, 0.29) is 6.04 Å². The monoisotopic (exact) mass is 209 g/mol. The lowest BCUT2D eigenvalue weighted by Crippen LogP contribution is -2.24. The van der Waals surface area contributed by atoms with Gasteiger partial charge in [0.05, 0.1) is 20.3 Å². The third kappa shape index (κ3) is 4.32. The molecule has 0 fully saturated rings. The normalized spacial score (nSPS) is 12.5. The van der Waals surface area contributed by atoms with Crippen molar-refractivity contribution in [1.29, 1.82) is 0 Å². The Kier molecular flexibility index (Phi) is 5.15. The van der Waals surface area contributed by atoms with E-state index in [9.17, 15) is 0 Å². The second-order valence-electron chi connectivity index (χ2n) is 3.53. The fourth-order valence-corrected chi connectivity index (χ4v) is 1.21. The molecule has 0 aliphatic carbocycles. The Balaban J connectivity index is 2.37. The van der Waals surface area contributed by atoms with Crippen molar-refractivity contribution in [3.8, 4) is 5.75 Å². The smallest absolute Gasteiger partial charge is 0.119 e. The van der Waals surface area contributed by atoms with Crippen molar-refractivity contribution in [2.45, 2.75) is 26.0 Å². The molecule has 1 atom stereocenters. The number of ether oxygens (including phenoxy) is 2. The van der Waals surface area contributed by atoms with Crippen LogP contribution in [-0.4, -0.2) is 19.8 Å². The van der Waals surface area contributed by atoms with Gasteiger partial charge >= 0.3 is 0 Å². The van der Waals surface area contributed by atoms with E-state index in [4.69, 9.17) is 15.2 Å². The van der Waals surface area contributed by atoms with Gasteiger partial charge in [-0.25, -0.2) is 0 Å². The van der Waals surface area contributed by atoms with Gasteiger partial charge in [0.15, 0.2) is 0 Å². The number of hydrogen-bond acceptors (Lipinski definition) is 3. The zero-order valence-corrected chi connectivity index (χ0v) is 9.40. The van der Waals surface area contributed by atoms with Gasteiger partial charge in [-0.1, -0.05) is 19.1 Å². The first-order chi connectivity index (χ1) is 7.26. The molecule has 1 aromatic carbocycles. The molecule has 0 radical (unpaired) electrons. The second kappa shape index (κ2) is 6.43. The third-order valence-electron chi connectivity index (χ3n) is 2.26. The molecular formula is C12H19NO2. The molecule has 0 aliphatic heterocycles. The van der Waals surface area contributed by atoms with Crippen LogP contribution in [0.15, 0.2) is 24.3 Å². The minimum atomic E-state index is 0.135. The molecule has 0 amide bonds. The molecular weight excluding hydrogens is 190 g/mol. The molecule has 84 valence electrons. The lowest BCUT2D eigenvalue weighted by atomic mass is 10.2. The van der Waals surface area contributed by atoms with Crippen molar-refractivity contribution in [3.05, 3.63) is 29.8 Å². The van der Waals surface area contributed by atoms with E-state index in [0.29, 0.717) is 13.2 Å². The Bertz CT molecular complexity index is 289. The van der Waals surface area contributed by atoms with E-state index in [2.05, 4.69) is 6.92 Å². The van der Waals surface area contributed by atoms with Crippen LogP contribution in [0.4, 0.5) is 0 Å². The lowest BCUT2D eigenvalue weighted by molar-refractivity contribution is 0.107. The van der Waals surface area contributed by atoms with Crippen LogP contribution < -0.4 is 10.5 Å². The summed E-state index contributed by atoms with van der Waals surface area (Å²) in [6.45, 7) is 3.25. The van der Waals surface area contributed by atoms with Gasteiger partial charge in [-0.15, -0.1) is 0 Å². The number of rotatable bonds is 6. The summed E-state index contributed by atoms with van der Waals surface area (Å²) in [5.74, 6) is 0.857. The van der Waals surface area contributed by atoms with Gasteiger partial charge < -0.3 is 15.2 Å². The highest BCUT2D eigenvalue weighted by molar-refractivity contribution is 5.27. The first-order valence-corrected chi connectivity index (χ1v) is 5.22. The van der Waals surface area contributed by atoms with Crippen molar-refractivity contribution < 1.29 is 9.47 Å². The van der Waals surface area contributed by atoms with Crippen LogP contribution in [-0.2, 0) is 11.3 Å². The highest BCUT2D eigenvalue weighted by Gasteiger charge is 2.00. The van der Waals surface area contributed by atoms with Crippen molar-refractivity contribution in [2.75, 3.05) is 13.7 Å². The molecule has 0 spiro atoms. The molecule has 0 aromatic heterocycles. The van der Waals surface area contributed by atoms with Crippen LogP contribution >= 0.6 is 0 Å². The molecule has 1 unspecified atom stereocenters. The first kappa shape index (κ1) is 12.0. The van der Waals surface area contributed by atoms with Crippen LogP contribution in [0.3, 0.4) is 0 Å². The van der Waals surface area contributed by atoms with E-state index < -0.39 is 0 Å². The first-order valence-electron chi connectivity index (χ1n) is 5.22. The lowest BCUT2D eigenvalue weighted by Gasteiger charge is -2.10. The average molecular weight is 209 g/mol. The SMILES string of the molecule is CCC(N)COCc1cccc(OC)c1. The number of hydrogen-bond donors (Lipinski definition) is 1. The fraction of sp³-hybridized carbons (Fsp3) is 0.500. The van der Waals surface area contributed by atoms with Crippen LogP contribution in [0, 0.1) is 0 Å². The van der Waals surface area contributed by atoms with Gasteiger partial charge in [-0.05, 0) is 24.1 Å². The third-order valence-corrected chi connectivity index (χ3v) is 2.26. The summed E-state index contributed by atoms with van der Waals surface area (Å²) in [6.07, 6.45) is 0.943. The molecule has 0 saturated carbocycles. The summed E-state index contributed by atoms with van der Waals surface area (Å²) < 4.78 is 10.6. The van der Waals surface area contributed by atoms with Gasteiger partial charge in [-0.3, -0.25) is 0 Å². The summed E-state index contributed by atoms with van der Waals surface area (Å²) in [6, 6.07) is 7.99. The highest BCUT2D eigenvalue weighted by atomic mass is 16.5. The van der Waals surface area contributed by atoms with Gasteiger partial charge in [-0.2, -0.15) is 0 Å². The van der Waals surface area contributed by atoms with E-state index in [1.54, 1.807) is 7.11 Å². The quantitative estimate of drug-likeness (QED) is 0.778. The van der Waals surface area contributed by atoms with Gasteiger partial charge in [0.1, 0.15) is 5.75 Å². The number of methoxy groups -OCH3 is 1. The zero-order chi connectivity index (χ0) is 11.1. The minimum absolute atomic E-state index is 0.135. The minimum Gasteiger partial charge on any atom is -0.497 e. The topological polar surface area (TPSA) is 44.5 Å². The molecule has 15 heavy (non-hydrogen) atoms. The van der Waals surface area contributed by atoms with Gasteiger partial charge in [0.2, 0.25) is 0 Å². The Morgan fingerprint density at radius 2 is 2.20 bits per heavy atom. The van der Waals surface area contributed by atoms with Crippen molar-refractivity contribution >= 4 is 0 Å². The maximum atomic E-state index is 5.74. The molecule has 0 heterocycles. The highest BCUT2D eigenvalue weighted by Crippen LogP contribution is 2.13. The largest absolute Gasteiger partial charge is 0.497 e. The van der Waals surface area contributed by atoms with Crippen molar-refractivity contribution in [1.82, 2.24) is 0 Å². The number of benzene rings is 1. The summed E-state index contributed by atoms with van der Waals surface area (Å²) in [4.78, 5) is 0. The Morgan fingerprint density at radius 1 is 1.40 bits per heavy atom. The molecule has 0 saturated heterocycles. The van der Waals surface area contributed by atoms with Crippen LogP contribution in [0.5, 0.6) is 5.75 Å². The fourth-order valence-electron chi connectivity index (χ4n) is 1.21. The molecule has 0 bridgehead atoms. The van der Waals surface area contributed by atoms with Crippen LogP contribution in [0.1, 0.15) is 18.9 Å². The molecule has 0 aliphatic rings. The summed E-state index contributed by atoms with van der Waals surface area (Å²) >= 11 is 0. The Hall–Kier alpha value is -1.06. The van der Waals surface area contributed by atoms with Crippen LogP contribution in [0.25, 0.3) is 0 Å². The molecule has 1 rings (SSSR count). The summed E-state index contributed by atoms with van der Waals surface area (Å²) in [5.41, 5.74) is 6.85. The second-order valence-corrected chi connectivity index (χ2v) is 3.53. The van der Waals surface area contributed by atoms with Gasteiger partial charge in [0.25, 0.3) is 0 Å². The Labute approximate surface area is 91.2 Å². The van der Waals surface area contributed by atoms with E-state index in [1.807, 2.05) is 24.3 Å². The molecule has 3 nitrogen and oxygen atoms in total. The molecule has 3 heteroatoms. The molecule has 2 N–H and O–H groups in total. The maximum absolute atomic E-state index is 5.74. The Morgan fingerprint density at radius 3 is 2.87 bits per heavy atom. The average Bonchev–Trinajstić information content (AvgIpc) is 2.29. The summed E-state index contributed by atoms with van der Waals surface area (Å²) in [5, 5.41) is 0. The summed E-state index contributed by atoms with van der Waals surface area (Å²) in [7, 11) is 1.66. The van der Waals surface area contributed by atoms with Crippen molar-refractivity contribution in [3.63, 3.8) is 0 Å². The van der Waals surface area contributed by atoms with E-state index in [0.717, 1.165) is 17.7 Å². The maximum Gasteiger partial charge on any atom is 0.119 e. The standard InChI is InChI=1S/C12H19NO2/c1-3-11(13)9-15-8-10-5-4-6-12(7-10)14-2/h4-7,11H,3,8-9,13H2,1-2H3. The van der Waals surface area contributed by atoms with Gasteiger partial charge in [0, 0.05) is 6.04 Å². The zero-order valence-electron chi connectivity index (χ0n) is 9.40. The van der Waals surface area contributed by atoms with Crippen LogP contribution in [0.2, 0.25) is 0 Å². The van der Waals surface area contributed by atoms with Crippen molar-refractivity contribution in [2.24, 2.45) is 5.73 Å². The van der Waals surface area contributed by atoms with E-state index >= 15 is 0 Å².